The van der Waals surface area contributed by atoms with E-state index in [0.717, 1.165) is 0 Å². The summed E-state index contributed by atoms with van der Waals surface area (Å²) in [4.78, 5) is 13.9. The zero-order valence-corrected chi connectivity index (χ0v) is 12.5. The number of furan rings is 1. The first-order valence-corrected chi connectivity index (χ1v) is 7.91. The number of hydrogen-bond donors (Lipinski definition) is 2. The second kappa shape index (κ2) is 5.19. The number of aryl methyl sites for hydroxylation is 1. The molecule has 1 amide bonds. The summed E-state index contributed by atoms with van der Waals surface area (Å²) < 4.78 is 28.0. The van der Waals surface area contributed by atoms with Crippen LogP contribution in [-0.2, 0) is 10.0 Å². The van der Waals surface area contributed by atoms with Crippen LogP contribution in [-0.4, -0.2) is 44.4 Å². The highest BCUT2D eigenvalue weighted by atomic mass is 32.2. The van der Waals surface area contributed by atoms with E-state index in [-0.39, 0.29) is 34.4 Å². The van der Waals surface area contributed by atoms with Gasteiger partial charge in [0.1, 0.15) is 10.7 Å². The lowest BCUT2D eigenvalue weighted by atomic mass is 10.1. The van der Waals surface area contributed by atoms with Crippen molar-refractivity contribution >= 4 is 15.9 Å². The number of amides is 1. The van der Waals surface area contributed by atoms with Crippen molar-refractivity contribution in [1.29, 1.82) is 0 Å². The van der Waals surface area contributed by atoms with Gasteiger partial charge in [0.25, 0.3) is 5.91 Å². The van der Waals surface area contributed by atoms with Gasteiger partial charge in [-0.2, -0.15) is 0 Å². The minimum absolute atomic E-state index is 0.00725. The maximum absolute atomic E-state index is 12.4. The fraction of sp³-hybridized carbons (Fsp3) is 0.583. The molecule has 1 aliphatic rings. The normalized spacial score (nSPS) is 23.9. The predicted molar refractivity (Wildman–Crippen MR) is 72.8 cm³/mol. The summed E-state index contributed by atoms with van der Waals surface area (Å²) >= 11 is 0. The monoisotopic (exact) mass is 301 g/mol. The molecule has 1 fully saturated rings. The van der Waals surface area contributed by atoms with Crippen molar-refractivity contribution < 1.29 is 17.6 Å². The molecule has 20 heavy (non-hydrogen) atoms. The lowest BCUT2D eigenvalue weighted by molar-refractivity contribution is 0.0640. The Morgan fingerprint density at radius 1 is 1.40 bits per heavy atom. The number of nitrogens with one attached hydrogen (secondary N) is 1. The summed E-state index contributed by atoms with van der Waals surface area (Å²) in [5.41, 5.74) is 0. The Bertz CT molecular complexity index is 613. The number of piperazine rings is 1. The van der Waals surface area contributed by atoms with E-state index in [4.69, 9.17) is 9.56 Å². The van der Waals surface area contributed by atoms with Crippen LogP contribution in [0.25, 0.3) is 0 Å². The summed E-state index contributed by atoms with van der Waals surface area (Å²) in [5.74, 6) is -0.178. The van der Waals surface area contributed by atoms with Crippen LogP contribution < -0.4 is 10.5 Å². The molecule has 0 unspecified atom stereocenters. The number of primary sulfonamides is 1. The van der Waals surface area contributed by atoms with Gasteiger partial charge in [0.15, 0.2) is 5.76 Å². The number of sulfonamides is 1. The van der Waals surface area contributed by atoms with Gasteiger partial charge in [-0.05, 0) is 20.8 Å². The third kappa shape index (κ3) is 3.02. The fourth-order valence-electron chi connectivity index (χ4n) is 2.50. The van der Waals surface area contributed by atoms with Crippen LogP contribution >= 0.6 is 0 Å². The molecular weight excluding hydrogens is 282 g/mol. The van der Waals surface area contributed by atoms with Crippen molar-refractivity contribution in [2.75, 3.05) is 13.1 Å². The number of carbonyl (C=O) groups excluding carboxylic acids is 1. The molecule has 0 spiro atoms. The van der Waals surface area contributed by atoms with Gasteiger partial charge >= 0.3 is 0 Å². The summed E-state index contributed by atoms with van der Waals surface area (Å²) in [7, 11) is -3.88. The van der Waals surface area contributed by atoms with E-state index in [0.29, 0.717) is 13.1 Å². The topological polar surface area (TPSA) is 106 Å². The first-order chi connectivity index (χ1) is 9.18. The second-order valence-electron chi connectivity index (χ2n) is 5.25. The first kappa shape index (κ1) is 15.0. The Hall–Kier alpha value is -1.38. The van der Waals surface area contributed by atoms with Crippen LogP contribution in [0, 0.1) is 6.92 Å². The highest BCUT2D eigenvalue weighted by Gasteiger charge is 2.29. The van der Waals surface area contributed by atoms with Crippen molar-refractivity contribution in [2.24, 2.45) is 5.14 Å². The van der Waals surface area contributed by atoms with Crippen molar-refractivity contribution in [3.63, 3.8) is 0 Å². The Labute approximate surface area is 118 Å². The molecule has 0 aromatic carbocycles. The first-order valence-electron chi connectivity index (χ1n) is 6.37. The van der Waals surface area contributed by atoms with E-state index in [1.165, 1.54) is 13.0 Å². The van der Waals surface area contributed by atoms with Crippen LogP contribution in [0.5, 0.6) is 0 Å². The molecule has 1 aromatic rings. The summed E-state index contributed by atoms with van der Waals surface area (Å²) in [6.45, 7) is 6.54. The molecule has 2 atom stereocenters. The summed E-state index contributed by atoms with van der Waals surface area (Å²) in [6.07, 6.45) is 0. The molecule has 1 aliphatic heterocycles. The fourth-order valence-corrected chi connectivity index (χ4v) is 3.22. The highest BCUT2D eigenvalue weighted by molar-refractivity contribution is 7.89. The second-order valence-corrected chi connectivity index (χ2v) is 6.78. The molecule has 0 bridgehead atoms. The lowest BCUT2D eigenvalue weighted by Crippen LogP contribution is -2.55. The maximum Gasteiger partial charge on any atom is 0.289 e. The van der Waals surface area contributed by atoms with Crippen molar-refractivity contribution in [1.82, 2.24) is 10.2 Å². The molecule has 1 saturated heterocycles. The number of nitrogens with two attached hydrogens (primary N) is 1. The van der Waals surface area contributed by atoms with Crippen molar-refractivity contribution in [3.8, 4) is 0 Å². The Morgan fingerprint density at radius 3 is 2.40 bits per heavy atom. The summed E-state index contributed by atoms with van der Waals surface area (Å²) in [5, 5.41) is 8.39. The minimum atomic E-state index is -3.88. The van der Waals surface area contributed by atoms with Crippen molar-refractivity contribution in [3.05, 3.63) is 17.6 Å². The van der Waals surface area contributed by atoms with Crippen LogP contribution in [0.4, 0.5) is 0 Å². The molecule has 112 valence electrons. The van der Waals surface area contributed by atoms with E-state index in [1.807, 2.05) is 13.8 Å². The SMILES string of the molecule is Cc1oc(C(=O)N2C[C@H](C)N[C@@H](C)C2)cc1S(N)(=O)=O. The molecule has 1 aromatic heterocycles. The van der Waals surface area contributed by atoms with Gasteiger partial charge in [0.05, 0.1) is 0 Å². The molecular formula is C12H19N3O4S. The summed E-state index contributed by atoms with van der Waals surface area (Å²) in [6, 6.07) is 1.55. The third-order valence-electron chi connectivity index (χ3n) is 3.23. The highest BCUT2D eigenvalue weighted by Crippen LogP contribution is 2.20. The van der Waals surface area contributed by atoms with Gasteiger partial charge in [-0.3, -0.25) is 4.79 Å². The molecule has 7 nitrogen and oxygen atoms in total. The minimum Gasteiger partial charge on any atom is -0.455 e. The largest absolute Gasteiger partial charge is 0.455 e. The van der Waals surface area contributed by atoms with Gasteiger partial charge in [-0.15, -0.1) is 0 Å². The molecule has 2 heterocycles. The molecule has 2 rings (SSSR count). The lowest BCUT2D eigenvalue weighted by Gasteiger charge is -2.35. The molecule has 0 saturated carbocycles. The van der Waals surface area contributed by atoms with Gasteiger partial charge in [-0.1, -0.05) is 0 Å². The Balaban J connectivity index is 2.26. The number of rotatable bonds is 2. The molecule has 0 radical (unpaired) electrons. The predicted octanol–water partition coefficient (Wildman–Crippen LogP) is 0.0578. The van der Waals surface area contributed by atoms with Crippen LogP contribution in [0.1, 0.15) is 30.2 Å². The zero-order valence-electron chi connectivity index (χ0n) is 11.7. The van der Waals surface area contributed by atoms with Crippen LogP contribution in [0.3, 0.4) is 0 Å². The van der Waals surface area contributed by atoms with Crippen molar-refractivity contribution in [2.45, 2.75) is 37.8 Å². The quantitative estimate of drug-likeness (QED) is 0.803. The zero-order chi connectivity index (χ0) is 15.1. The van der Waals surface area contributed by atoms with E-state index in [2.05, 4.69) is 5.32 Å². The van der Waals surface area contributed by atoms with Gasteiger partial charge in [0, 0.05) is 31.2 Å². The van der Waals surface area contributed by atoms with Gasteiger partial charge < -0.3 is 14.6 Å². The number of nitrogens with zero attached hydrogens (tertiary/aromatic N) is 1. The Kier molecular flexibility index (Phi) is 3.90. The number of carbonyl (C=O) groups is 1. The Morgan fingerprint density at radius 2 is 1.95 bits per heavy atom. The molecule has 3 N–H and O–H groups in total. The smallest absolute Gasteiger partial charge is 0.289 e. The van der Waals surface area contributed by atoms with Crippen LogP contribution in [0.15, 0.2) is 15.4 Å². The van der Waals surface area contributed by atoms with Gasteiger partial charge in [0.2, 0.25) is 10.0 Å². The van der Waals surface area contributed by atoms with E-state index in [1.54, 1.807) is 4.90 Å². The van der Waals surface area contributed by atoms with E-state index >= 15 is 0 Å². The van der Waals surface area contributed by atoms with E-state index < -0.39 is 10.0 Å². The van der Waals surface area contributed by atoms with E-state index in [9.17, 15) is 13.2 Å². The average molecular weight is 301 g/mol. The third-order valence-corrected chi connectivity index (χ3v) is 4.25. The van der Waals surface area contributed by atoms with Crippen LogP contribution in [0.2, 0.25) is 0 Å². The van der Waals surface area contributed by atoms with Gasteiger partial charge in [-0.25, -0.2) is 13.6 Å². The standard InChI is InChI=1S/C12H19N3O4S/c1-7-5-15(6-8(2)14-7)12(16)10-4-11(9(3)19-10)20(13,17)18/h4,7-8,14H,5-6H2,1-3H3,(H2,13,17,18)/t7-,8-/m0/s1. The number of hydrogen-bond acceptors (Lipinski definition) is 5. The molecule has 0 aliphatic carbocycles. The molecule has 8 heteroatoms. The average Bonchev–Trinajstić information content (AvgIpc) is 2.68. The maximum atomic E-state index is 12.4.